The van der Waals surface area contributed by atoms with Crippen molar-refractivity contribution >= 4 is 17.5 Å². The average Bonchev–Trinajstić information content (AvgIpc) is 3.28. The van der Waals surface area contributed by atoms with E-state index in [2.05, 4.69) is 10.1 Å². The number of fused-ring (bicyclic) bond motifs is 1. The first kappa shape index (κ1) is 24.4. The number of hydrogen-bond acceptors (Lipinski definition) is 6. The van der Waals surface area contributed by atoms with Gasteiger partial charge < -0.3 is 19.3 Å². The van der Waals surface area contributed by atoms with Crippen molar-refractivity contribution in [2.75, 3.05) is 26.7 Å². The lowest BCUT2D eigenvalue weighted by atomic mass is 10.2. The Hall–Kier alpha value is -4.31. The maximum Gasteiger partial charge on any atom is 0.259 e. The molecule has 0 saturated carbocycles. The molecule has 37 heavy (non-hydrogen) atoms. The standard InChI is InChI=1S/C27H26FN5O4/c1-36-21-9-7-19(8-10-21)14-31-15-22(37-18-20-5-2-3-6-24(20)28)16-32(17-25(31)34)27(35)23-13-30-33-12-4-11-29-26(23)33/h2-13,22H,14-18H2,1H3/t22-/m1/s1. The molecule has 10 heteroatoms. The van der Waals surface area contributed by atoms with Gasteiger partial charge in [-0.3, -0.25) is 9.59 Å². The first-order chi connectivity index (χ1) is 18.0. The molecule has 4 aromatic rings. The predicted octanol–water partition coefficient (Wildman–Crippen LogP) is 2.95. The smallest absolute Gasteiger partial charge is 0.259 e. The zero-order chi connectivity index (χ0) is 25.8. The summed E-state index contributed by atoms with van der Waals surface area (Å²) >= 11 is 0. The van der Waals surface area contributed by atoms with E-state index >= 15 is 0 Å². The fourth-order valence-corrected chi connectivity index (χ4v) is 4.31. The van der Waals surface area contributed by atoms with Crippen LogP contribution in [0, 0.1) is 5.82 Å². The van der Waals surface area contributed by atoms with Crippen LogP contribution in [0.3, 0.4) is 0 Å². The van der Waals surface area contributed by atoms with Crippen LogP contribution < -0.4 is 4.74 Å². The van der Waals surface area contributed by atoms with Crippen molar-refractivity contribution in [3.63, 3.8) is 0 Å². The monoisotopic (exact) mass is 503 g/mol. The van der Waals surface area contributed by atoms with Gasteiger partial charge in [0.2, 0.25) is 5.91 Å². The molecule has 0 radical (unpaired) electrons. The fraction of sp³-hybridized carbons (Fsp3) is 0.259. The van der Waals surface area contributed by atoms with E-state index in [0.29, 0.717) is 23.3 Å². The molecule has 1 saturated heterocycles. The van der Waals surface area contributed by atoms with Crippen LogP contribution in [0.1, 0.15) is 21.5 Å². The van der Waals surface area contributed by atoms with Crippen molar-refractivity contribution < 1.29 is 23.5 Å². The Labute approximate surface area is 213 Å². The van der Waals surface area contributed by atoms with E-state index in [4.69, 9.17) is 9.47 Å². The Morgan fingerprint density at radius 1 is 1.11 bits per heavy atom. The zero-order valence-corrected chi connectivity index (χ0v) is 20.3. The van der Waals surface area contributed by atoms with Gasteiger partial charge in [-0.05, 0) is 29.8 Å². The van der Waals surface area contributed by atoms with Crippen LogP contribution >= 0.6 is 0 Å². The van der Waals surface area contributed by atoms with Crippen LogP contribution in [-0.4, -0.2) is 69.1 Å². The summed E-state index contributed by atoms with van der Waals surface area (Å²) in [6.45, 7) is 0.627. The molecule has 0 aliphatic carbocycles. The second-order valence-corrected chi connectivity index (χ2v) is 8.78. The molecular formula is C27H26FN5O4. The van der Waals surface area contributed by atoms with Gasteiger partial charge in [-0.1, -0.05) is 30.3 Å². The largest absolute Gasteiger partial charge is 0.497 e. The van der Waals surface area contributed by atoms with Crippen LogP contribution in [0.5, 0.6) is 5.75 Å². The van der Waals surface area contributed by atoms with Gasteiger partial charge in [0.05, 0.1) is 26.0 Å². The Balaban J connectivity index is 1.39. The number of carbonyl (C=O) groups is 2. The molecule has 190 valence electrons. The number of hydrogen-bond donors (Lipinski definition) is 0. The molecule has 1 aliphatic rings. The van der Waals surface area contributed by atoms with E-state index in [1.54, 1.807) is 48.7 Å². The highest BCUT2D eigenvalue weighted by Gasteiger charge is 2.32. The molecule has 1 atom stereocenters. The Bertz CT molecular complexity index is 1410. The summed E-state index contributed by atoms with van der Waals surface area (Å²) in [6, 6.07) is 15.5. The van der Waals surface area contributed by atoms with E-state index in [1.165, 1.54) is 21.7 Å². The number of rotatable bonds is 7. The minimum absolute atomic E-state index is 0.0161. The number of carbonyl (C=O) groups excluding carboxylic acids is 2. The van der Waals surface area contributed by atoms with E-state index in [0.717, 1.165) is 11.3 Å². The molecule has 1 aliphatic heterocycles. The van der Waals surface area contributed by atoms with Crippen molar-refractivity contribution in [2.45, 2.75) is 19.3 Å². The number of ether oxygens (including phenoxy) is 2. The highest BCUT2D eigenvalue weighted by atomic mass is 19.1. The second kappa shape index (κ2) is 10.8. The minimum Gasteiger partial charge on any atom is -0.497 e. The molecule has 2 aromatic heterocycles. The van der Waals surface area contributed by atoms with Gasteiger partial charge in [0.25, 0.3) is 5.91 Å². The second-order valence-electron chi connectivity index (χ2n) is 8.78. The highest BCUT2D eigenvalue weighted by molar-refractivity contribution is 6.01. The summed E-state index contributed by atoms with van der Waals surface area (Å²) in [5, 5.41) is 4.19. The molecule has 9 nitrogen and oxygen atoms in total. The number of methoxy groups -OCH3 is 1. The van der Waals surface area contributed by atoms with Crippen molar-refractivity contribution in [1.29, 1.82) is 0 Å². The summed E-state index contributed by atoms with van der Waals surface area (Å²) in [5.74, 6) is -0.234. The number of aromatic nitrogens is 3. The number of nitrogens with zero attached hydrogens (tertiary/aromatic N) is 5. The average molecular weight is 504 g/mol. The predicted molar refractivity (Wildman–Crippen MR) is 132 cm³/mol. The van der Waals surface area contributed by atoms with Gasteiger partial charge in [0.15, 0.2) is 5.65 Å². The third kappa shape index (κ3) is 5.44. The molecular weight excluding hydrogens is 477 g/mol. The molecule has 2 aromatic carbocycles. The normalized spacial score (nSPS) is 16.2. The quantitative estimate of drug-likeness (QED) is 0.385. The van der Waals surface area contributed by atoms with Gasteiger partial charge >= 0.3 is 0 Å². The summed E-state index contributed by atoms with van der Waals surface area (Å²) in [5.41, 5.74) is 2.02. The maximum absolute atomic E-state index is 14.2. The van der Waals surface area contributed by atoms with Crippen LogP contribution in [0.15, 0.2) is 73.2 Å². The molecule has 0 unspecified atom stereocenters. The Morgan fingerprint density at radius 3 is 2.70 bits per heavy atom. The van der Waals surface area contributed by atoms with Crippen molar-refractivity contribution in [3.8, 4) is 5.75 Å². The first-order valence-electron chi connectivity index (χ1n) is 11.8. The lowest BCUT2D eigenvalue weighted by Gasteiger charge is -2.25. The molecule has 0 N–H and O–H groups in total. The number of benzene rings is 2. The van der Waals surface area contributed by atoms with Crippen molar-refractivity contribution in [1.82, 2.24) is 24.4 Å². The SMILES string of the molecule is COc1ccc(CN2C[C@@H](OCc3ccccc3F)CN(C(=O)c3cnn4cccnc34)CC2=O)cc1. The number of halogens is 1. The summed E-state index contributed by atoms with van der Waals surface area (Å²) < 4.78 is 27.0. The van der Waals surface area contributed by atoms with E-state index < -0.39 is 6.10 Å². The summed E-state index contributed by atoms with van der Waals surface area (Å²) in [4.78, 5) is 34.2. The van der Waals surface area contributed by atoms with Crippen LogP contribution in [0.25, 0.3) is 5.65 Å². The van der Waals surface area contributed by atoms with Crippen LogP contribution in [0.2, 0.25) is 0 Å². The maximum atomic E-state index is 14.2. The fourth-order valence-electron chi connectivity index (χ4n) is 4.31. The molecule has 1 fully saturated rings. The molecule has 5 rings (SSSR count). The van der Waals surface area contributed by atoms with Crippen LogP contribution in [-0.2, 0) is 22.7 Å². The molecule has 3 heterocycles. The summed E-state index contributed by atoms with van der Waals surface area (Å²) in [7, 11) is 1.59. The van der Waals surface area contributed by atoms with E-state index in [1.807, 2.05) is 24.3 Å². The van der Waals surface area contributed by atoms with Crippen molar-refractivity contribution in [2.24, 2.45) is 0 Å². The highest BCUT2D eigenvalue weighted by Crippen LogP contribution is 2.19. The van der Waals surface area contributed by atoms with Gasteiger partial charge in [-0.25, -0.2) is 13.9 Å². The first-order valence-corrected chi connectivity index (χ1v) is 11.8. The third-order valence-electron chi connectivity index (χ3n) is 6.29. The van der Waals surface area contributed by atoms with Gasteiger partial charge in [0.1, 0.15) is 23.7 Å². The Morgan fingerprint density at radius 2 is 1.92 bits per heavy atom. The van der Waals surface area contributed by atoms with E-state index in [-0.39, 0.29) is 43.9 Å². The van der Waals surface area contributed by atoms with E-state index in [9.17, 15) is 14.0 Å². The summed E-state index contributed by atoms with van der Waals surface area (Å²) in [6.07, 6.45) is 4.19. The topological polar surface area (TPSA) is 89.3 Å². The zero-order valence-electron chi connectivity index (χ0n) is 20.3. The lowest BCUT2D eigenvalue weighted by molar-refractivity contribution is -0.132. The third-order valence-corrected chi connectivity index (χ3v) is 6.29. The molecule has 0 spiro atoms. The van der Waals surface area contributed by atoms with Crippen LogP contribution in [0.4, 0.5) is 4.39 Å². The minimum atomic E-state index is -0.539. The Kier molecular flexibility index (Phi) is 7.09. The van der Waals surface area contributed by atoms with Gasteiger partial charge in [-0.15, -0.1) is 0 Å². The number of amides is 2. The van der Waals surface area contributed by atoms with Crippen molar-refractivity contribution in [3.05, 3.63) is 95.7 Å². The lowest BCUT2D eigenvalue weighted by Crippen LogP contribution is -2.39. The molecule has 0 bridgehead atoms. The van der Waals surface area contributed by atoms with Gasteiger partial charge in [0, 0.05) is 37.6 Å². The van der Waals surface area contributed by atoms with Gasteiger partial charge in [-0.2, -0.15) is 5.10 Å². The molecule has 2 amide bonds.